The minimum Gasteiger partial charge on any atom is -0.0991 e. The number of hydrogen-bond donors (Lipinski definition) is 0. The summed E-state index contributed by atoms with van der Waals surface area (Å²) in [5.74, 6) is 0. The van der Waals surface area contributed by atoms with E-state index in [9.17, 15) is 0 Å². The van der Waals surface area contributed by atoms with E-state index in [1.165, 1.54) is 16.7 Å². The molecule has 82 valence electrons. The lowest BCUT2D eigenvalue weighted by atomic mass is 10.0. The fourth-order valence-corrected chi connectivity index (χ4v) is 1.39. The first-order valence-corrected chi connectivity index (χ1v) is 5.37. The number of rotatable bonds is 4. The first-order valence-electron chi connectivity index (χ1n) is 5.37. The van der Waals surface area contributed by atoms with Gasteiger partial charge in [0.1, 0.15) is 0 Å². The summed E-state index contributed by atoms with van der Waals surface area (Å²) in [6.45, 7) is 11.7. The van der Waals surface area contributed by atoms with Crippen LogP contribution in [0.2, 0.25) is 0 Å². The highest BCUT2D eigenvalue weighted by molar-refractivity contribution is 5.68. The lowest BCUT2D eigenvalue weighted by molar-refractivity contribution is 1.52. The quantitative estimate of drug-likeness (QED) is 0.622. The largest absolute Gasteiger partial charge is 0.0991 e. The van der Waals surface area contributed by atoms with E-state index >= 15 is 0 Å². The van der Waals surface area contributed by atoms with Crippen molar-refractivity contribution in [3.05, 3.63) is 72.9 Å². The van der Waals surface area contributed by atoms with Gasteiger partial charge >= 0.3 is 0 Å². The van der Waals surface area contributed by atoms with Crippen LogP contribution in [0, 0.1) is 0 Å². The summed E-state index contributed by atoms with van der Waals surface area (Å²) < 4.78 is 0. The Balaban J connectivity index is 2.89. The van der Waals surface area contributed by atoms with Crippen LogP contribution >= 0.6 is 0 Å². The van der Waals surface area contributed by atoms with Crippen molar-refractivity contribution in [2.45, 2.75) is 13.8 Å². The second kappa shape index (κ2) is 5.92. The standard InChI is InChI=1S/C16H18/c1-5-6-7-8-14(4)16-11-9-15(10-12-16)13(2)3/h5-12H,1-2H2,3-4H3/b7-6-,14-8+. The molecular formula is C16H18. The summed E-state index contributed by atoms with van der Waals surface area (Å²) in [5, 5.41) is 0. The molecule has 0 saturated carbocycles. The molecule has 0 N–H and O–H groups in total. The van der Waals surface area contributed by atoms with Crippen molar-refractivity contribution in [2.75, 3.05) is 0 Å². The van der Waals surface area contributed by atoms with Crippen molar-refractivity contribution in [3.8, 4) is 0 Å². The van der Waals surface area contributed by atoms with Gasteiger partial charge in [0.2, 0.25) is 0 Å². The molecule has 1 aromatic carbocycles. The van der Waals surface area contributed by atoms with E-state index in [0.717, 1.165) is 5.57 Å². The van der Waals surface area contributed by atoms with Crippen LogP contribution in [-0.2, 0) is 0 Å². The molecule has 0 bridgehead atoms. The molecule has 0 heteroatoms. The predicted octanol–water partition coefficient (Wildman–Crippen LogP) is 4.87. The van der Waals surface area contributed by atoms with Crippen LogP contribution in [0.1, 0.15) is 25.0 Å². The Bertz CT molecular complexity index is 428. The van der Waals surface area contributed by atoms with Crippen molar-refractivity contribution in [1.29, 1.82) is 0 Å². The summed E-state index contributed by atoms with van der Waals surface area (Å²) >= 11 is 0. The average Bonchev–Trinajstić information content (AvgIpc) is 2.29. The third-order valence-electron chi connectivity index (χ3n) is 2.43. The van der Waals surface area contributed by atoms with E-state index in [4.69, 9.17) is 0 Å². The van der Waals surface area contributed by atoms with Gasteiger partial charge in [-0.25, -0.2) is 0 Å². The molecule has 0 aromatic heterocycles. The number of hydrogen-bond acceptors (Lipinski definition) is 0. The van der Waals surface area contributed by atoms with Crippen LogP contribution in [0.5, 0.6) is 0 Å². The maximum absolute atomic E-state index is 3.92. The van der Waals surface area contributed by atoms with E-state index in [1.807, 2.05) is 19.1 Å². The molecule has 0 spiro atoms. The molecule has 0 amide bonds. The highest BCUT2D eigenvalue weighted by Gasteiger charge is 1.96. The van der Waals surface area contributed by atoms with E-state index in [2.05, 4.69) is 50.4 Å². The maximum atomic E-state index is 3.92. The van der Waals surface area contributed by atoms with Crippen LogP contribution in [0.25, 0.3) is 11.1 Å². The van der Waals surface area contributed by atoms with Crippen molar-refractivity contribution in [2.24, 2.45) is 0 Å². The third kappa shape index (κ3) is 3.39. The smallest absolute Gasteiger partial charge is 0.0227 e. The van der Waals surface area contributed by atoms with Gasteiger partial charge in [-0.3, -0.25) is 0 Å². The normalized spacial score (nSPS) is 11.8. The predicted molar refractivity (Wildman–Crippen MR) is 74.1 cm³/mol. The molecule has 0 nitrogen and oxygen atoms in total. The van der Waals surface area contributed by atoms with Gasteiger partial charge in [-0.15, -0.1) is 0 Å². The highest BCUT2D eigenvalue weighted by atomic mass is 14.0. The Kier molecular flexibility index (Phi) is 4.53. The Hall–Kier alpha value is -1.82. The molecule has 1 rings (SSSR count). The van der Waals surface area contributed by atoms with Crippen LogP contribution in [-0.4, -0.2) is 0 Å². The molecule has 16 heavy (non-hydrogen) atoms. The highest BCUT2D eigenvalue weighted by Crippen LogP contribution is 2.17. The van der Waals surface area contributed by atoms with E-state index < -0.39 is 0 Å². The maximum Gasteiger partial charge on any atom is -0.0227 e. The monoisotopic (exact) mass is 210 g/mol. The van der Waals surface area contributed by atoms with Gasteiger partial charge < -0.3 is 0 Å². The molecule has 0 saturated heterocycles. The summed E-state index contributed by atoms with van der Waals surface area (Å²) in [7, 11) is 0. The fourth-order valence-electron chi connectivity index (χ4n) is 1.39. The fraction of sp³-hybridized carbons (Fsp3) is 0.125. The summed E-state index contributed by atoms with van der Waals surface area (Å²) in [5.41, 5.74) is 4.77. The zero-order valence-electron chi connectivity index (χ0n) is 10.0. The zero-order valence-corrected chi connectivity index (χ0v) is 10.0. The summed E-state index contributed by atoms with van der Waals surface area (Å²) in [6, 6.07) is 8.45. The topological polar surface area (TPSA) is 0 Å². The van der Waals surface area contributed by atoms with Crippen LogP contribution < -0.4 is 0 Å². The first-order chi connectivity index (χ1) is 7.65. The van der Waals surface area contributed by atoms with Gasteiger partial charge in [0.25, 0.3) is 0 Å². The summed E-state index contributed by atoms with van der Waals surface area (Å²) in [4.78, 5) is 0. The zero-order chi connectivity index (χ0) is 12.0. The van der Waals surface area contributed by atoms with Gasteiger partial charge in [0.05, 0.1) is 0 Å². The molecular weight excluding hydrogens is 192 g/mol. The van der Waals surface area contributed by atoms with Crippen LogP contribution in [0.3, 0.4) is 0 Å². The molecule has 0 heterocycles. The van der Waals surface area contributed by atoms with Gasteiger partial charge in [-0.1, -0.05) is 67.3 Å². The van der Waals surface area contributed by atoms with Crippen LogP contribution in [0.15, 0.2) is 61.7 Å². The molecule has 0 fully saturated rings. The molecule has 0 aliphatic rings. The molecule has 0 radical (unpaired) electrons. The third-order valence-corrected chi connectivity index (χ3v) is 2.43. The minimum absolute atomic E-state index is 1.10. The van der Waals surface area contributed by atoms with Crippen molar-refractivity contribution in [3.63, 3.8) is 0 Å². The van der Waals surface area contributed by atoms with Gasteiger partial charge in [-0.05, 0) is 30.5 Å². The van der Waals surface area contributed by atoms with Gasteiger partial charge in [0, 0.05) is 0 Å². The number of benzene rings is 1. The van der Waals surface area contributed by atoms with Crippen LogP contribution in [0.4, 0.5) is 0 Å². The number of allylic oxidation sites excluding steroid dienone is 6. The second-order valence-corrected chi connectivity index (χ2v) is 3.83. The van der Waals surface area contributed by atoms with Gasteiger partial charge in [0.15, 0.2) is 0 Å². The van der Waals surface area contributed by atoms with E-state index in [-0.39, 0.29) is 0 Å². The first kappa shape index (κ1) is 12.3. The molecule has 0 atom stereocenters. The average molecular weight is 210 g/mol. The van der Waals surface area contributed by atoms with E-state index in [0.29, 0.717) is 0 Å². The van der Waals surface area contributed by atoms with Crippen molar-refractivity contribution < 1.29 is 0 Å². The Morgan fingerprint density at radius 2 is 1.56 bits per heavy atom. The summed E-state index contributed by atoms with van der Waals surface area (Å²) in [6.07, 6.45) is 7.77. The molecule has 0 aliphatic heterocycles. The van der Waals surface area contributed by atoms with E-state index in [1.54, 1.807) is 6.08 Å². The molecule has 0 aliphatic carbocycles. The molecule has 0 unspecified atom stereocenters. The van der Waals surface area contributed by atoms with Crippen molar-refractivity contribution in [1.82, 2.24) is 0 Å². The lowest BCUT2D eigenvalue weighted by Gasteiger charge is -2.03. The minimum atomic E-state index is 1.10. The van der Waals surface area contributed by atoms with Gasteiger partial charge in [-0.2, -0.15) is 0 Å². The lowest BCUT2D eigenvalue weighted by Crippen LogP contribution is -1.81. The second-order valence-electron chi connectivity index (χ2n) is 3.83. The Morgan fingerprint density at radius 1 is 1.00 bits per heavy atom. The molecule has 1 aromatic rings. The van der Waals surface area contributed by atoms with Crippen molar-refractivity contribution >= 4 is 11.1 Å². The Labute approximate surface area is 98.3 Å². The SMILES string of the molecule is C=C/C=C\C=C(/C)c1ccc(C(=C)C)cc1. The Morgan fingerprint density at radius 3 is 2.06 bits per heavy atom.